The highest BCUT2D eigenvalue weighted by atomic mass is 19.4. The predicted octanol–water partition coefficient (Wildman–Crippen LogP) is 2.45. The maximum Gasteiger partial charge on any atom is 0.479 e. The lowest BCUT2D eigenvalue weighted by molar-refractivity contribution is -0.333. The van der Waals surface area contributed by atoms with Crippen molar-refractivity contribution in [3.63, 3.8) is 0 Å². The van der Waals surface area contributed by atoms with Crippen LogP contribution >= 0.6 is 0 Å². The van der Waals surface area contributed by atoms with E-state index >= 15 is 0 Å². The van der Waals surface area contributed by atoms with Crippen molar-refractivity contribution >= 4 is 0 Å². The summed E-state index contributed by atoms with van der Waals surface area (Å²) < 4.78 is 61.9. The number of hydrogen-bond acceptors (Lipinski definition) is 3. The Bertz CT molecular complexity index is 533. The molecule has 1 aromatic heterocycles. The van der Waals surface area contributed by atoms with Crippen molar-refractivity contribution in [1.29, 1.82) is 0 Å². The van der Waals surface area contributed by atoms with E-state index in [1.54, 1.807) is 18.2 Å². The minimum absolute atomic E-state index is 0.293. The summed E-state index contributed by atoms with van der Waals surface area (Å²) in [6.07, 6.45) is -5.78. The SMILES string of the molecule is FC(F)(F)C(F)(F)n1nnc(-c2ccccc2)n1. The van der Waals surface area contributed by atoms with Gasteiger partial charge in [-0.15, -0.1) is 10.2 Å². The molecule has 0 saturated heterocycles. The summed E-state index contributed by atoms with van der Waals surface area (Å²) in [5.41, 5.74) is 0.293. The summed E-state index contributed by atoms with van der Waals surface area (Å²) in [6.45, 7) is 0. The largest absolute Gasteiger partial charge is 0.479 e. The fourth-order valence-corrected chi connectivity index (χ4v) is 1.15. The Hall–Kier alpha value is -2.06. The van der Waals surface area contributed by atoms with E-state index in [2.05, 4.69) is 15.4 Å². The van der Waals surface area contributed by atoms with Crippen molar-refractivity contribution in [2.45, 2.75) is 12.2 Å². The molecule has 0 unspecified atom stereocenters. The van der Waals surface area contributed by atoms with E-state index in [4.69, 9.17) is 0 Å². The van der Waals surface area contributed by atoms with E-state index in [-0.39, 0.29) is 5.82 Å². The van der Waals surface area contributed by atoms with Gasteiger partial charge in [0.15, 0.2) is 0 Å². The lowest BCUT2D eigenvalue weighted by Crippen LogP contribution is -2.41. The van der Waals surface area contributed by atoms with E-state index < -0.39 is 17.0 Å². The van der Waals surface area contributed by atoms with Crippen molar-refractivity contribution in [3.05, 3.63) is 30.3 Å². The predicted molar refractivity (Wildman–Crippen MR) is 49.5 cm³/mol. The molecule has 4 nitrogen and oxygen atoms in total. The zero-order valence-electron chi connectivity index (χ0n) is 8.57. The fourth-order valence-electron chi connectivity index (χ4n) is 1.15. The van der Waals surface area contributed by atoms with Crippen LogP contribution in [0.4, 0.5) is 22.0 Å². The van der Waals surface area contributed by atoms with Crippen LogP contribution in [-0.4, -0.2) is 26.4 Å². The average molecular weight is 264 g/mol. The maximum atomic E-state index is 12.9. The van der Waals surface area contributed by atoms with Gasteiger partial charge >= 0.3 is 12.2 Å². The minimum atomic E-state index is -5.78. The number of benzene rings is 1. The molecule has 1 heterocycles. The fraction of sp³-hybridized carbons (Fsp3) is 0.222. The molecule has 9 heteroatoms. The summed E-state index contributed by atoms with van der Waals surface area (Å²) >= 11 is 0. The van der Waals surface area contributed by atoms with Gasteiger partial charge in [0.05, 0.1) is 0 Å². The molecule has 0 saturated carbocycles. The first-order valence-corrected chi connectivity index (χ1v) is 4.63. The molecular formula is C9H5F5N4. The number of alkyl halides is 5. The molecule has 1 aromatic carbocycles. The van der Waals surface area contributed by atoms with Crippen LogP contribution in [0.25, 0.3) is 11.4 Å². The molecule has 0 N–H and O–H groups in total. The van der Waals surface area contributed by atoms with Gasteiger partial charge in [0.25, 0.3) is 0 Å². The Kier molecular flexibility index (Phi) is 2.76. The van der Waals surface area contributed by atoms with Crippen molar-refractivity contribution in [2.24, 2.45) is 0 Å². The summed E-state index contributed by atoms with van der Waals surface area (Å²) in [5.74, 6) is -0.306. The van der Waals surface area contributed by atoms with Gasteiger partial charge in [0, 0.05) is 5.56 Å². The molecule has 0 amide bonds. The van der Waals surface area contributed by atoms with E-state index in [0.29, 0.717) is 5.56 Å². The number of nitrogens with zero attached hydrogens (tertiary/aromatic N) is 4. The summed E-state index contributed by atoms with van der Waals surface area (Å²) in [5, 5.41) is 8.95. The third kappa shape index (κ3) is 2.03. The van der Waals surface area contributed by atoms with Crippen LogP contribution in [0.1, 0.15) is 0 Å². The smallest absolute Gasteiger partial charge is 0.169 e. The molecule has 0 atom stereocenters. The number of tetrazole rings is 1. The van der Waals surface area contributed by atoms with Crippen molar-refractivity contribution in [2.75, 3.05) is 0 Å². The van der Waals surface area contributed by atoms with Gasteiger partial charge in [-0.05, 0) is 5.21 Å². The second kappa shape index (κ2) is 4.00. The van der Waals surface area contributed by atoms with Gasteiger partial charge in [-0.25, -0.2) is 0 Å². The topological polar surface area (TPSA) is 43.6 Å². The molecule has 0 aliphatic rings. The van der Waals surface area contributed by atoms with Crippen LogP contribution in [0.2, 0.25) is 0 Å². The highest BCUT2D eigenvalue weighted by molar-refractivity contribution is 5.52. The van der Waals surface area contributed by atoms with Crippen LogP contribution in [0.15, 0.2) is 30.3 Å². The normalized spacial score (nSPS) is 12.7. The van der Waals surface area contributed by atoms with E-state index in [9.17, 15) is 22.0 Å². The molecule has 0 aliphatic carbocycles. The first-order chi connectivity index (χ1) is 8.32. The molecule has 96 valence electrons. The average Bonchev–Trinajstić information content (AvgIpc) is 2.78. The van der Waals surface area contributed by atoms with Gasteiger partial charge in [-0.1, -0.05) is 35.1 Å². The van der Waals surface area contributed by atoms with Crippen molar-refractivity contribution < 1.29 is 22.0 Å². The third-order valence-corrected chi connectivity index (χ3v) is 2.04. The highest BCUT2D eigenvalue weighted by Crippen LogP contribution is 2.38. The first-order valence-electron chi connectivity index (χ1n) is 4.63. The lowest BCUT2D eigenvalue weighted by atomic mass is 10.2. The second-order valence-electron chi connectivity index (χ2n) is 3.31. The lowest BCUT2D eigenvalue weighted by Gasteiger charge is -2.16. The summed E-state index contributed by atoms with van der Waals surface area (Å²) in [7, 11) is 0. The molecule has 0 radical (unpaired) electrons. The monoisotopic (exact) mass is 264 g/mol. The van der Waals surface area contributed by atoms with Gasteiger partial charge < -0.3 is 0 Å². The number of aromatic nitrogens is 4. The Morgan fingerprint density at radius 3 is 2.11 bits per heavy atom. The zero-order chi connectivity index (χ0) is 13.4. The number of rotatable bonds is 2. The molecule has 0 spiro atoms. The zero-order valence-corrected chi connectivity index (χ0v) is 8.57. The van der Waals surface area contributed by atoms with Crippen LogP contribution < -0.4 is 0 Å². The van der Waals surface area contributed by atoms with E-state index in [1.165, 1.54) is 12.1 Å². The molecular weight excluding hydrogens is 259 g/mol. The van der Waals surface area contributed by atoms with Crippen molar-refractivity contribution in [3.8, 4) is 11.4 Å². The summed E-state index contributed by atoms with van der Waals surface area (Å²) in [4.78, 5) is -0.741. The second-order valence-corrected chi connectivity index (χ2v) is 3.31. The van der Waals surface area contributed by atoms with Gasteiger partial charge in [0.2, 0.25) is 5.82 Å². The third-order valence-electron chi connectivity index (χ3n) is 2.04. The van der Waals surface area contributed by atoms with Gasteiger partial charge in [-0.2, -0.15) is 22.0 Å². The molecule has 0 fully saturated rings. The standard InChI is InChI=1S/C9H5F5N4/c10-8(11,12)9(13,14)18-16-7(15-17-18)6-4-2-1-3-5-6/h1-5H. The van der Waals surface area contributed by atoms with Crippen molar-refractivity contribution in [1.82, 2.24) is 20.2 Å². The first kappa shape index (κ1) is 12.4. The summed E-state index contributed by atoms with van der Waals surface area (Å²) in [6, 6.07) is 2.53. The molecule has 2 rings (SSSR count). The van der Waals surface area contributed by atoms with Gasteiger partial charge in [0.1, 0.15) is 0 Å². The number of hydrogen-bond donors (Lipinski definition) is 0. The van der Waals surface area contributed by atoms with Crippen LogP contribution in [0, 0.1) is 0 Å². The van der Waals surface area contributed by atoms with Crippen LogP contribution in [-0.2, 0) is 6.05 Å². The molecule has 2 aromatic rings. The van der Waals surface area contributed by atoms with Crippen LogP contribution in [0.3, 0.4) is 0 Å². The quantitative estimate of drug-likeness (QED) is 0.782. The van der Waals surface area contributed by atoms with Gasteiger partial charge in [-0.3, -0.25) is 0 Å². The molecule has 0 bridgehead atoms. The van der Waals surface area contributed by atoms with E-state index in [1.807, 2.05) is 0 Å². The van der Waals surface area contributed by atoms with E-state index in [0.717, 1.165) is 0 Å². The maximum absolute atomic E-state index is 12.9. The van der Waals surface area contributed by atoms with Crippen LogP contribution in [0.5, 0.6) is 0 Å². The Morgan fingerprint density at radius 2 is 1.56 bits per heavy atom. The highest BCUT2D eigenvalue weighted by Gasteiger charge is 2.61. The molecule has 0 aliphatic heterocycles. The Labute approximate surface area is 97.0 Å². The minimum Gasteiger partial charge on any atom is -0.169 e. The number of halogens is 5. The Morgan fingerprint density at radius 1 is 0.944 bits per heavy atom. The molecule has 18 heavy (non-hydrogen) atoms. The Balaban J connectivity index is 2.38.